The highest BCUT2D eigenvalue weighted by Gasteiger charge is 2.20. The van der Waals surface area contributed by atoms with Crippen LogP contribution in [0.1, 0.15) is 74.2 Å². The number of nitrogens with one attached hydrogen (secondary N) is 1. The van der Waals surface area contributed by atoms with E-state index in [2.05, 4.69) is 10.4 Å². The Morgan fingerprint density at radius 3 is 2.23 bits per heavy atom. The molecule has 8 heteroatoms. The Labute approximate surface area is 177 Å². The monoisotopic (exact) mass is 428 g/mol. The van der Waals surface area contributed by atoms with Crippen LogP contribution in [0.2, 0.25) is 0 Å². The van der Waals surface area contributed by atoms with Gasteiger partial charge in [0.05, 0.1) is 28.1 Å². The highest BCUT2D eigenvalue weighted by atomic mass is 32.2. The van der Waals surface area contributed by atoms with Gasteiger partial charge in [-0.15, -0.1) is 0 Å². The van der Waals surface area contributed by atoms with Gasteiger partial charge in [0.25, 0.3) is 5.91 Å². The van der Waals surface area contributed by atoms with Gasteiger partial charge in [0.2, 0.25) is 0 Å². The Hall–Kier alpha value is -2.74. The zero-order valence-electron chi connectivity index (χ0n) is 18.2. The van der Waals surface area contributed by atoms with Crippen molar-refractivity contribution in [1.29, 1.82) is 0 Å². The van der Waals surface area contributed by atoms with Crippen LogP contribution in [-0.4, -0.2) is 35.3 Å². The lowest BCUT2D eigenvalue weighted by Gasteiger charge is -2.16. The molecule has 0 saturated heterocycles. The number of hydrogen-bond donors (Lipinski definition) is 1. The SMILES string of the molecule is CC(C)c1cc(C(=O)N[C@@H](C)c2ccc(S(C)(=O)=O)cc2)c2cnn(C(C)C)c2n1. The fraction of sp³-hybridized carbons (Fsp3) is 0.409. The number of hydrogen-bond acceptors (Lipinski definition) is 5. The molecule has 7 nitrogen and oxygen atoms in total. The summed E-state index contributed by atoms with van der Waals surface area (Å²) in [5, 5.41) is 8.15. The van der Waals surface area contributed by atoms with Gasteiger partial charge in [-0.25, -0.2) is 18.1 Å². The van der Waals surface area contributed by atoms with Crippen molar-refractivity contribution in [2.45, 2.75) is 57.5 Å². The van der Waals surface area contributed by atoms with Crippen molar-refractivity contribution in [2.75, 3.05) is 6.26 Å². The Morgan fingerprint density at radius 2 is 1.70 bits per heavy atom. The average molecular weight is 429 g/mol. The summed E-state index contributed by atoms with van der Waals surface area (Å²) in [6, 6.07) is 8.22. The number of aromatic nitrogens is 3. The summed E-state index contributed by atoms with van der Waals surface area (Å²) in [7, 11) is -3.26. The van der Waals surface area contributed by atoms with Crippen LogP contribution in [0, 0.1) is 0 Å². The van der Waals surface area contributed by atoms with Gasteiger partial charge in [-0.05, 0) is 50.5 Å². The molecule has 3 aromatic rings. The van der Waals surface area contributed by atoms with E-state index in [-0.39, 0.29) is 28.8 Å². The maximum absolute atomic E-state index is 13.2. The van der Waals surface area contributed by atoms with Crippen molar-refractivity contribution in [2.24, 2.45) is 0 Å². The molecule has 30 heavy (non-hydrogen) atoms. The van der Waals surface area contributed by atoms with E-state index in [0.717, 1.165) is 11.3 Å². The van der Waals surface area contributed by atoms with Crippen LogP contribution >= 0.6 is 0 Å². The van der Waals surface area contributed by atoms with Gasteiger partial charge in [-0.1, -0.05) is 26.0 Å². The average Bonchev–Trinajstić information content (AvgIpc) is 3.10. The molecule has 0 aliphatic rings. The van der Waals surface area contributed by atoms with E-state index < -0.39 is 9.84 Å². The molecule has 1 N–H and O–H groups in total. The number of rotatable bonds is 6. The molecule has 2 heterocycles. The summed E-state index contributed by atoms with van der Waals surface area (Å²) in [5.74, 6) is -0.0512. The quantitative estimate of drug-likeness (QED) is 0.640. The molecule has 160 valence electrons. The summed E-state index contributed by atoms with van der Waals surface area (Å²) >= 11 is 0. The third kappa shape index (κ3) is 4.38. The third-order valence-corrected chi connectivity index (χ3v) is 6.20. The molecule has 0 radical (unpaired) electrons. The van der Waals surface area contributed by atoms with Gasteiger partial charge in [0, 0.05) is 18.0 Å². The minimum absolute atomic E-state index is 0.126. The van der Waals surface area contributed by atoms with Crippen LogP contribution in [0.25, 0.3) is 11.0 Å². The van der Waals surface area contributed by atoms with E-state index in [1.165, 1.54) is 6.26 Å². The number of sulfone groups is 1. The molecule has 0 saturated carbocycles. The van der Waals surface area contributed by atoms with E-state index >= 15 is 0 Å². The first-order valence-corrected chi connectivity index (χ1v) is 11.9. The standard InChI is InChI=1S/C22H28N4O3S/c1-13(2)20-11-18(19-12-23-26(14(3)4)21(19)25-20)22(27)24-15(5)16-7-9-17(10-8-16)30(6,28)29/h7-15H,1-6H3,(H,24,27)/t15-/m0/s1. The van der Waals surface area contributed by atoms with Crippen molar-refractivity contribution in [1.82, 2.24) is 20.1 Å². The van der Waals surface area contributed by atoms with Crippen LogP contribution in [-0.2, 0) is 9.84 Å². The maximum Gasteiger partial charge on any atom is 0.252 e. The first kappa shape index (κ1) is 22.0. The van der Waals surface area contributed by atoms with E-state index in [1.807, 2.05) is 45.4 Å². The minimum atomic E-state index is -3.26. The zero-order chi connectivity index (χ0) is 22.2. The molecule has 0 bridgehead atoms. The Kier molecular flexibility index (Phi) is 5.99. The number of pyridine rings is 1. The molecule has 0 aliphatic heterocycles. The van der Waals surface area contributed by atoms with Crippen LogP contribution < -0.4 is 5.32 Å². The molecule has 0 aliphatic carbocycles. The molecule has 2 aromatic heterocycles. The highest BCUT2D eigenvalue weighted by molar-refractivity contribution is 7.90. The molecule has 0 unspecified atom stereocenters. The van der Waals surface area contributed by atoms with E-state index in [0.29, 0.717) is 16.6 Å². The van der Waals surface area contributed by atoms with Gasteiger partial charge in [-0.2, -0.15) is 5.10 Å². The van der Waals surface area contributed by atoms with E-state index in [1.54, 1.807) is 30.5 Å². The first-order valence-electron chi connectivity index (χ1n) is 9.98. The molecule has 3 rings (SSSR count). The topological polar surface area (TPSA) is 94.0 Å². The van der Waals surface area contributed by atoms with Crippen LogP contribution in [0.15, 0.2) is 41.4 Å². The van der Waals surface area contributed by atoms with Gasteiger partial charge in [0.1, 0.15) is 0 Å². The summed E-state index contributed by atoms with van der Waals surface area (Å²) in [6.45, 7) is 10.00. The molecular weight excluding hydrogens is 400 g/mol. The fourth-order valence-electron chi connectivity index (χ4n) is 3.26. The van der Waals surface area contributed by atoms with Gasteiger partial charge in [-0.3, -0.25) is 4.79 Å². The number of benzene rings is 1. The zero-order valence-corrected chi connectivity index (χ0v) is 19.0. The lowest BCUT2D eigenvalue weighted by atomic mass is 10.0. The highest BCUT2D eigenvalue weighted by Crippen LogP contribution is 2.25. The molecule has 1 atom stereocenters. The lowest BCUT2D eigenvalue weighted by molar-refractivity contribution is 0.0941. The number of amides is 1. The predicted molar refractivity (Wildman–Crippen MR) is 117 cm³/mol. The first-order chi connectivity index (χ1) is 14.0. The smallest absolute Gasteiger partial charge is 0.252 e. The Balaban J connectivity index is 1.94. The van der Waals surface area contributed by atoms with Gasteiger partial charge < -0.3 is 5.32 Å². The fourth-order valence-corrected chi connectivity index (χ4v) is 3.89. The second kappa shape index (κ2) is 8.18. The second-order valence-electron chi connectivity index (χ2n) is 8.21. The molecule has 0 spiro atoms. The lowest BCUT2D eigenvalue weighted by Crippen LogP contribution is -2.27. The summed E-state index contributed by atoms with van der Waals surface area (Å²) in [5.41, 5.74) is 2.89. The normalized spacial score (nSPS) is 13.2. The van der Waals surface area contributed by atoms with E-state index in [4.69, 9.17) is 4.98 Å². The number of carbonyl (C=O) groups is 1. The van der Waals surface area contributed by atoms with Crippen molar-refractivity contribution < 1.29 is 13.2 Å². The minimum Gasteiger partial charge on any atom is -0.345 e. The molecular formula is C22H28N4O3S. The van der Waals surface area contributed by atoms with Crippen LogP contribution in [0.3, 0.4) is 0 Å². The van der Waals surface area contributed by atoms with Crippen molar-refractivity contribution in [3.63, 3.8) is 0 Å². The Bertz CT molecular complexity index is 1180. The second-order valence-corrected chi connectivity index (χ2v) is 10.2. The van der Waals surface area contributed by atoms with Gasteiger partial charge >= 0.3 is 0 Å². The van der Waals surface area contributed by atoms with Crippen molar-refractivity contribution in [3.8, 4) is 0 Å². The van der Waals surface area contributed by atoms with Crippen molar-refractivity contribution >= 4 is 26.8 Å². The van der Waals surface area contributed by atoms with E-state index in [9.17, 15) is 13.2 Å². The van der Waals surface area contributed by atoms with Crippen molar-refractivity contribution in [3.05, 3.63) is 53.3 Å². The molecule has 1 aromatic carbocycles. The number of carbonyl (C=O) groups excluding carboxylic acids is 1. The predicted octanol–water partition coefficient (Wildman–Crippen LogP) is 4.03. The third-order valence-electron chi connectivity index (χ3n) is 5.07. The van der Waals surface area contributed by atoms with Gasteiger partial charge in [0.15, 0.2) is 15.5 Å². The van der Waals surface area contributed by atoms with Crippen LogP contribution in [0.4, 0.5) is 0 Å². The summed E-state index contributed by atoms with van der Waals surface area (Å²) in [4.78, 5) is 18.1. The number of fused-ring (bicyclic) bond motifs is 1. The largest absolute Gasteiger partial charge is 0.345 e. The van der Waals surface area contributed by atoms with Crippen LogP contribution in [0.5, 0.6) is 0 Å². The molecule has 0 fully saturated rings. The Morgan fingerprint density at radius 1 is 1.07 bits per heavy atom. The maximum atomic E-state index is 13.2. The summed E-state index contributed by atoms with van der Waals surface area (Å²) in [6.07, 6.45) is 2.86. The number of nitrogens with zero attached hydrogens (tertiary/aromatic N) is 3. The summed E-state index contributed by atoms with van der Waals surface area (Å²) < 4.78 is 25.1. The molecule has 1 amide bonds.